The zero-order valence-electron chi connectivity index (χ0n) is 10.5. The molecule has 0 radical (unpaired) electrons. The molecule has 3 nitrogen and oxygen atoms in total. The van der Waals surface area contributed by atoms with Gasteiger partial charge in [0.1, 0.15) is 5.54 Å². The van der Waals surface area contributed by atoms with Crippen LogP contribution in [0, 0.1) is 11.3 Å². The van der Waals surface area contributed by atoms with E-state index in [4.69, 9.17) is 0 Å². The lowest BCUT2D eigenvalue weighted by Gasteiger charge is -2.47. The molecule has 1 aromatic carbocycles. The molecule has 1 atom stereocenters. The van der Waals surface area contributed by atoms with Gasteiger partial charge in [0.2, 0.25) is 0 Å². The normalized spacial score (nSPS) is 20.3. The number of likely N-dealkylation sites (N-methyl/N-ethyl adjacent to an activating group) is 1. The van der Waals surface area contributed by atoms with Crippen LogP contribution >= 0.6 is 0 Å². The molecule has 0 spiro atoms. The van der Waals surface area contributed by atoms with Crippen molar-refractivity contribution in [2.75, 3.05) is 20.1 Å². The second-order valence-corrected chi connectivity index (χ2v) is 4.94. The van der Waals surface area contributed by atoms with Gasteiger partial charge in [-0.15, -0.1) is 0 Å². The lowest BCUT2D eigenvalue weighted by Crippen LogP contribution is -2.65. The summed E-state index contributed by atoms with van der Waals surface area (Å²) < 4.78 is 0. The van der Waals surface area contributed by atoms with Gasteiger partial charge in [-0.1, -0.05) is 30.3 Å². The Morgan fingerprint density at radius 3 is 2.59 bits per heavy atom. The molecular formula is C14H19N3. The molecule has 0 bridgehead atoms. The minimum Gasteiger partial charge on any atom is -0.315 e. The minimum atomic E-state index is -0.380. The van der Waals surface area contributed by atoms with Gasteiger partial charge < -0.3 is 5.32 Å². The van der Waals surface area contributed by atoms with Gasteiger partial charge in [-0.3, -0.25) is 4.90 Å². The Labute approximate surface area is 103 Å². The molecule has 1 fully saturated rings. The maximum absolute atomic E-state index is 9.43. The fourth-order valence-corrected chi connectivity index (χ4v) is 2.28. The summed E-state index contributed by atoms with van der Waals surface area (Å²) in [5.74, 6) is 0. The SMILES string of the molecule is CNC1CN([C@@](C)(C#N)Cc2ccccc2)C1. The van der Waals surface area contributed by atoms with Gasteiger partial charge in [0, 0.05) is 25.6 Å². The minimum absolute atomic E-state index is 0.380. The molecule has 17 heavy (non-hydrogen) atoms. The van der Waals surface area contributed by atoms with E-state index in [0.717, 1.165) is 19.5 Å². The Morgan fingerprint density at radius 1 is 1.41 bits per heavy atom. The van der Waals surface area contributed by atoms with E-state index in [1.807, 2.05) is 32.2 Å². The van der Waals surface area contributed by atoms with Crippen molar-refractivity contribution in [3.8, 4) is 6.07 Å². The van der Waals surface area contributed by atoms with Crippen LogP contribution in [0.1, 0.15) is 12.5 Å². The highest BCUT2D eigenvalue weighted by Crippen LogP contribution is 2.25. The summed E-state index contributed by atoms with van der Waals surface area (Å²) in [7, 11) is 1.98. The van der Waals surface area contributed by atoms with Gasteiger partial charge in [-0.2, -0.15) is 5.26 Å². The van der Waals surface area contributed by atoms with E-state index in [-0.39, 0.29) is 5.54 Å². The van der Waals surface area contributed by atoms with Crippen LogP contribution in [-0.2, 0) is 6.42 Å². The van der Waals surface area contributed by atoms with Crippen molar-refractivity contribution in [1.29, 1.82) is 5.26 Å². The topological polar surface area (TPSA) is 39.1 Å². The number of hydrogen-bond donors (Lipinski definition) is 1. The Morgan fingerprint density at radius 2 is 2.06 bits per heavy atom. The van der Waals surface area contributed by atoms with E-state index in [9.17, 15) is 5.26 Å². The Kier molecular flexibility index (Phi) is 3.46. The van der Waals surface area contributed by atoms with Gasteiger partial charge in [-0.05, 0) is 19.5 Å². The predicted octanol–water partition coefficient (Wildman–Crippen LogP) is 1.41. The standard InChI is InChI=1S/C14H19N3/c1-14(11-15,17-9-13(10-17)16-2)8-12-6-4-3-5-7-12/h3-7,13,16H,8-10H2,1-2H3/t14-/m1/s1. The highest BCUT2D eigenvalue weighted by atomic mass is 15.3. The number of likely N-dealkylation sites (tertiary alicyclic amines) is 1. The maximum atomic E-state index is 9.43. The number of nitrogens with zero attached hydrogens (tertiary/aromatic N) is 2. The first-order valence-electron chi connectivity index (χ1n) is 6.05. The van der Waals surface area contributed by atoms with E-state index < -0.39 is 0 Å². The van der Waals surface area contributed by atoms with Crippen molar-refractivity contribution in [3.05, 3.63) is 35.9 Å². The number of rotatable bonds is 4. The quantitative estimate of drug-likeness (QED) is 0.848. The van der Waals surface area contributed by atoms with E-state index in [0.29, 0.717) is 6.04 Å². The van der Waals surface area contributed by atoms with Crippen LogP contribution in [0.5, 0.6) is 0 Å². The third-order valence-electron chi connectivity index (χ3n) is 3.62. The highest BCUT2D eigenvalue weighted by Gasteiger charge is 2.40. The molecule has 1 heterocycles. The summed E-state index contributed by atoms with van der Waals surface area (Å²) >= 11 is 0. The molecule has 0 saturated carbocycles. The molecule has 1 N–H and O–H groups in total. The van der Waals surface area contributed by atoms with Crippen molar-refractivity contribution in [2.24, 2.45) is 0 Å². The number of hydrogen-bond acceptors (Lipinski definition) is 3. The highest BCUT2D eigenvalue weighted by molar-refractivity contribution is 5.22. The Hall–Kier alpha value is -1.37. The number of benzene rings is 1. The molecule has 3 heteroatoms. The first kappa shape index (κ1) is 12.1. The molecule has 1 saturated heterocycles. The molecular weight excluding hydrogens is 210 g/mol. The first-order valence-corrected chi connectivity index (χ1v) is 6.05. The summed E-state index contributed by atoms with van der Waals surface area (Å²) in [4.78, 5) is 2.25. The van der Waals surface area contributed by atoms with Crippen LogP contribution in [0.25, 0.3) is 0 Å². The lowest BCUT2D eigenvalue weighted by molar-refractivity contribution is 0.0489. The van der Waals surface area contributed by atoms with E-state index in [1.165, 1.54) is 5.56 Å². The summed E-state index contributed by atoms with van der Waals surface area (Å²) in [5, 5.41) is 12.7. The Balaban J connectivity index is 2.04. The molecule has 0 amide bonds. The fraction of sp³-hybridized carbons (Fsp3) is 0.500. The van der Waals surface area contributed by atoms with Crippen molar-refractivity contribution in [1.82, 2.24) is 10.2 Å². The second-order valence-electron chi connectivity index (χ2n) is 4.94. The van der Waals surface area contributed by atoms with E-state index in [2.05, 4.69) is 28.4 Å². The molecule has 90 valence electrons. The van der Waals surface area contributed by atoms with Gasteiger partial charge in [0.25, 0.3) is 0 Å². The average Bonchev–Trinajstić information content (AvgIpc) is 2.29. The van der Waals surface area contributed by atoms with E-state index in [1.54, 1.807) is 0 Å². The third kappa shape index (κ3) is 2.49. The zero-order chi connectivity index (χ0) is 12.3. The van der Waals surface area contributed by atoms with Gasteiger partial charge in [0.15, 0.2) is 0 Å². The summed E-state index contributed by atoms with van der Waals surface area (Å²) in [6.07, 6.45) is 0.792. The third-order valence-corrected chi connectivity index (χ3v) is 3.62. The van der Waals surface area contributed by atoms with Crippen LogP contribution in [0.15, 0.2) is 30.3 Å². The number of nitrogens with one attached hydrogen (secondary N) is 1. The second kappa shape index (κ2) is 4.87. The van der Waals surface area contributed by atoms with Crippen LogP contribution in [0.2, 0.25) is 0 Å². The Bertz CT molecular complexity index is 403. The molecule has 1 aliphatic rings. The van der Waals surface area contributed by atoms with Crippen molar-refractivity contribution in [3.63, 3.8) is 0 Å². The molecule has 0 unspecified atom stereocenters. The first-order chi connectivity index (χ1) is 8.18. The molecule has 1 aliphatic heterocycles. The molecule has 2 rings (SSSR count). The van der Waals surface area contributed by atoms with Crippen molar-refractivity contribution < 1.29 is 0 Å². The summed E-state index contributed by atoms with van der Waals surface area (Å²) in [6, 6.07) is 13.3. The summed E-state index contributed by atoms with van der Waals surface area (Å²) in [6.45, 7) is 3.96. The van der Waals surface area contributed by atoms with Gasteiger partial charge in [-0.25, -0.2) is 0 Å². The lowest BCUT2D eigenvalue weighted by atomic mass is 9.88. The van der Waals surface area contributed by atoms with Crippen LogP contribution in [0.4, 0.5) is 0 Å². The monoisotopic (exact) mass is 229 g/mol. The average molecular weight is 229 g/mol. The van der Waals surface area contributed by atoms with Gasteiger partial charge in [0.05, 0.1) is 6.07 Å². The fourth-order valence-electron chi connectivity index (χ4n) is 2.28. The molecule has 0 aromatic heterocycles. The number of nitriles is 1. The molecule has 0 aliphatic carbocycles. The summed E-state index contributed by atoms with van der Waals surface area (Å²) in [5.41, 5.74) is 0.846. The van der Waals surface area contributed by atoms with Crippen molar-refractivity contribution >= 4 is 0 Å². The van der Waals surface area contributed by atoms with Crippen molar-refractivity contribution in [2.45, 2.75) is 24.9 Å². The largest absolute Gasteiger partial charge is 0.315 e. The predicted molar refractivity (Wildman–Crippen MR) is 68.6 cm³/mol. The van der Waals surface area contributed by atoms with E-state index >= 15 is 0 Å². The van der Waals surface area contributed by atoms with Crippen LogP contribution in [0.3, 0.4) is 0 Å². The van der Waals surface area contributed by atoms with Crippen LogP contribution in [-0.4, -0.2) is 36.6 Å². The smallest absolute Gasteiger partial charge is 0.110 e. The van der Waals surface area contributed by atoms with Gasteiger partial charge >= 0.3 is 0 Å². The maximum Gasteiger partial charge on any atom is 0.110 e. The van der Waals surface area contributed by atoms with Crippen LogP contribution < -0.4 is 5.32 Å². The zero-order valence-corrected chi connectivity index (χ0v) is 10.5. The molecule has 1 aromatic rings.